The molecule has 154 valence electrons. The van der Waals surface area contributed by atoms with Gasteiger partial charge in [-0.3, -0.25) is 0 Å². The number of aliphatic hydroxyl groups excluding tert-OH is 1. The van der Waals surface area contributed by atoms with Gasteiger partial charge in [-0.05, 0) is 55.8 Å². The first-order valence-electron chi connectivity index (χ1n) is 9.47. The summed E-state index contributed by atoms with van der Waals surface area (Å²) in [6.45, 7) is 3.82. The molecule has 0 bridgehead atoms. The van der Waals surface area contributed by atoms with Crippen molar-refractivity contribution in [2.45, 2.75) is 20.0 Å². The Hall–Kier alpha value is -3.48. The largest absolute Gasteiger partial charge is 0.419 e. The van der Waals surface area contributed by atoms with Crippen molar-refractivity contribution < 1.29 is 24.2 Å². The average Bonchev–Trinajstić information content (AvgIpc) is 2.75. The van der Waals surface area contributed by atoms with Crippen molar-refractivity contribution in [3.63, 3.8) is 0 Å². The third kappa shape index (κ3) is 5.11. The van der Waals surface area contributed by atoms with Gasteiger partial charge in [-0.1, -0.05) is 41.5 Å². The Kier molecular flexibility index (Phi) is 6.61. The highest BCUT2D eigenvalue weighted by Gasteiger charge is 2.18. The molecule has 0 aliphatic rings. The molecule has 6 heteroatoms. The molecule has 0 saturated carbocycles. The van der Waals surface area contributed by atoms with Crippen LogP contribution < -0.4 is 15.2 Å². The van der Waals surface area contributed by atoms with Crippen molar-refractivity contribution >= 4 is 11.9 Å². The van der Waals surface area contributed by atoms with E-state index in [2.05, 4.69) is 0 Å². The number of carbonyl (C=O) groups is 2. The first-order valence-corrected chi connectivity index (χ1v) is 9.47. The van der Waals surface area contributed by atoms with E-state index in [1.54, 1.807) is 54.6 Å². The van der Waals surface area contributed by atoms with Gasteiger partial charge in [0.05, 0.1) is 17.2 Å². The third-order valence-corrected chi connectivity index (χ3v) is 4.56. The molecular formula is C24H23NO5. The lowest BCUT2D eigenvalue weighted by molar-refractivity contribution is 0.0681. The van der Waals surface area contributed by atoms with Crippen LogP contribution >= 0.6 is 0 Å². The van der Waals surface area contributed by atoms with Crippen molar-refractivity contribution in [1.82, 2.24) is 0 Å². The number of aliphatic hydroxyl groups is 1. The highest BCUT2D eigenvalue weighted by Crippen LogP contribution is 2.32. The minimum absolute atomic E-state index is 0.00610. The smallest absolute Gasteiger partial charge is 0.343 e. The number of carbonyl (C=O) groups excluding carboxylic acids is 2. The van der Waals surface area contributed by atoms with Gasteiger partial charge in [0, 0.05) is 6.54 Å². The first kappa shape index (κ1) is 21.2. The zero-order valence-electron chi connectivity index (χ0n) is 16.8. The lowest BCUT2D eigenvalue weighted by Crippen LogP contribution is -2.15. The number of aryl methyl sites for hydroxylation is 2. The van der Waals surface area contributed by atoms with Crippen LogP contribution in [0.25, 0.3) is 0 Å². The molecule has 0 aliphatic heterocycles. The van der Waals surface area contributed by atoms with Gasteiger partial charge in [-0.2, -0.15) is 0 Å². The van der Waals surface area contributed by atoms with E-state index in [1.165, 1.54) is 12.1 Å². The molecule has 1 unspecified atom stereocenters. The van der Waals surface area contributed by atoms with Gasteiger partial charge in [-0.25, -0.2) is 9.59 Å². The number of rotatable bonds is 6. The summed E-state index contributed by atoms with van der Waals surface area (Å²) < 4.78 is 11.0. The molecule has 6 nitrogen and oxygen atoms in total. The van der Waals surface area contributed by atoms with Gasteiger partial charge >= 0.3 is 11.9 Å². The predicted molar refractivity (Wildman–Crippen MR) is 113 cm³/mol. The molecule has 0 aromatic heterocycles. The van der Waals surface area contributed by atoms with Crippen molar-refractivity contribution in [3.05, 3.63) is 94.5 Å². The number of ether oxygens (including phenoxy) is 2. The summed E-state index contributed by atoms with van der Waals surface area (Å²) >= 11 is 0. The van der Waals surface area contributed by atoms with Crippen LogP contribution in [0.15, 0.2) is 66.7 Å². The Bertz CT molecular complexity index is 1040. The molecule has 30 heavy (non-hydrogen) atoms. The van der Waals surface area contributed by atoms with Crippen LogP contribution in [0.4, 0.5) is 0 Å². The van der Waals surface area contributed by atoms with Gasteiger partial charge in [0.15, 0.2) is 11.5 Å². The maximum absolute atomic E-state index is 12.6. The van der Waals surface area contributed by atoms with E-state index in [0.717, 1.165) is 11.1 Å². The highest BCUT2D eigenvalue weighted by molar-refractivity contribution is 5.93. The number of esters is 2. The molecule has 0 spiro atoms. The average molecular weight is 405 g/mol. The zero-order valence-corrected chi connectivity index (χ0v) is 16.8. The molecule has 3 rings (SSSR count). The Morgan fingerprint density at radius 1 is 0.800 bits per heavy atom. The normalized spacial score (nSPS) is 11.6. The topological polar surface area (TPSA) is 98.8 Å². The Morgan fingerprint density at radius 2 is 1.27 bits per heavy atom. The molecule has 1 atom stereocenters. The van der Waals surface area contributed by atoms with Crippen LogP contribution in [0, 0.1) is 13.8 Å². The van der Waals surface area contributed by atoms with E-state index in [1.807, 2.05) is 13.8 Å². The summed E-state index contributed by atoms with van der Waals surface area (Å²) in [6.07, 6.45) is -0.941. The van der Waals surface area contributed by atoms with Crippen LogP contribution in [-0.2, 0) is 0 Å². The van der Waals surface area contributed by atoms with E-state index in [9.17, 15) is 14.7 Å². The van der Waals surface area contributed by atoms with Gasteiger partial charge in [0.1, 0.15) is 0 Å². The lowest BCUT2D eigenvalue weighted by atomic mass is 10.1. The molecular weight excluding hydrogens is 382 g/mol. The predicted octanol–water partition coefficient (Wildman–Crippen LogP) is 3.73. The fourth-order valence-electron chi connectivity index (χ4n) is 2.73. The molecule has 3 aromatic rings. The van der Waals surface area contributed by atoms with Crippen molar-refractivity contribution in [2.75, 3.05) is 6.54 Å². The Labute approximate surface area is 174 Å². The van der Waals surface area contributed by atoms with E-state index < -0.39 is 18.0 Å². The van der Waals surface area contributed by atoms with Crippen LogP contribution in [0.3, 0.4) is 0 Å². The van der Waals surface area contributed by atoms with Crippen LogP contribution in [0.1, 0.15) is 43.5 Å². The summed E-state index contributed by atoms with van der Waals surface area (Å²) in [7, 11) is 0. The van der Waals surface area contributed by atoms with E-state index in [-0.39, 0.29) is 18.0 Å². The SMILES string of the molecule is Cc1ccc(C(=O)Oc2ccc(C(O)CN)cc2OC(=O)c2ccc(C)cc2)cc1. The number of nitrogens with two attached hydrogens (primary N) is 1. The third-order valence-electron chi connectivity index (χ3n) is 4.56. The minimum Gasteiger partial charge on any atom is -0.419 e. The molecule has 0 saturated heterocycles. The second kappa shape index (κ2) is 9.35. The van der Waals surface area contributed by atoms with Gasteiger partial charge in [0.2, 0.25) is 0 Å². The van der Waals surface area contributed by atoms with Crippen molar-refractivity contribution in [3.8, 4) is 11.5 Å². The Morgan fingerprint density at radius 3 is 1.73 bits per heavy atom. The van der Waals surface area contributed by atoms with Crippen molar-refractivity contribution in [2.24, 2.45) is 5.73 Å². The molecule has 3 aromatic carbocycles. The molecule has 0 radical (unpaired) electrons. The van der Waals surface area contributed by atoms with Gasteiger partial charge < -0.3 is 20.3 Å². The first-order chi connectivity index (χ1) is 14.4. The van der Waals surface area contributed by atoms with Crippen molar-refractivity contribution in [1.29, 1.82) is 0 Å². The standard InChI is InChI=1S/C24H23NO5/c1-15-3-7-17(8-4-15)23(27)29-21-12-11-19(20(26)14-25)13-22(21)30-24(28)18-9-5-16(2)6-10-18/h3-13,20,26H,14,25H2,1-2H3. The summed E-state index contributed by atoms with van der Waals surface area (Å²) in [4.78, 5) is 25.1. The quantitative estimate of drug-likeness (QED) is 0.479. The Balaban J connectivity index is 1.89. The summed E-state index contributed by atoms with van der Waals surface area (Å²) in [5.74, 6) is -1.11. The zero-order chi connectivity index (χ0) is 21.7. The number of hydrogen-bond acceptors (Lipinski definition) is 6. The maximum atomic E-state index is 12.6. The van der Waals surface area contributed by atoms with E-state index >= 15 is 0 Å². The summed E-state index contributed by atoms with van der Waals surface area (Å²) in [5.41, 5.74) is 8.70. The second-order valence-electron chi connectivity index (χ2n) is 6.97. The summed E-state index contributed by atoms with van der Waals surface area (Å²) in [5, 5.41) is 10.0. The van der Waals surface area contributed by atoms with Crippen LogP contribution in [-0.4, -0.2) is 23.6 Å². The molecule has 0 amide bonds. The fourth-order valence-corrected chi connectivity index (χ4v) is 2.73. The number of hydrogen-bond donors (Lipinski definition) is 2. The van der Waals surface area contributed by atoms with E-state index in [0.29, 0.717) is 16.7 Å². The molecule has 0 fully saturated rings. The maximum Gasteiger partial charge on any atom is 0.343 e. The summed E-state index contributed by atoms with van der Waals surface area (Å²) in [6, 6.07) is 18.3. The molecule has 0 aliphatic carbocycles. The highest BCUT2D eigenvalue weighted by atomic mass is 16.6. The fraction of sp³-hybridized carbons (Fsp3) is 0.167. The second-order valence-corrected chi connectivity index (χ2v) is 6.97. The van der Waals surface area contributed by atoms with Gasteiger partial charge in [0.25, 0.3) is 0 Å². The lowest BCUT2D eigenvalue weighted by Gasteiger charge is -2.14. The van der Waals surface area contributed by atoms with E-state index in [4.69, 9.17) is 15.2 Å². The monoisotopic (exact) mass is 405 g/mol. The van der Waals surface area contributed by atoms with Crippen LogP contribution in [0.2, 0.25) is 0 Å². The number of benzene rings is 3. The van der Waals surface area contributed by atoms with Gasteiger partial charge in [-0.15, -0.1) is 0 Å². The molecule has 3 N–H and O–H groups in total. The van der Waals surface area contributed by atoms with Crippen LogP contribution in [0.5, 0.6) is 11.5 Å². The molecule has 0 heterocycles. The minimum atomic E-state index is -0.941.